The third-order valence-corrected chi connectivity index (χ3v) is 20.8. The second-order valence-corrected chi connectivity index (χ2v) is 43.1. The molecule has 141 heavy (non-hydrogen) atoms. The predicted octanol–water partition coefficient (Wildman–Crippen LogP) is 17.4. The molecule has 17 N–H and O–H groups in total. The van der Waals surface area contributed by atoms with Gasteiger partial charge in [0.1, 0.15) is 51.5 Å². The minimum atomic E-state index is -4.51. The van der Waals surface area contributed by atoms with E-state index < -0.39 is 81.9 Å². The van der Waals surface area contributed by atoms with Crippen LogP contribution in [-0.4, -0.2) is 167 Å². The summed E-state index contributed by atoms with van der Waals surface area (Å²) in [7, 11) is 2.62. The minimum absolute atomic E-state index is 0. The summed E-state index contributed by atoms with van der Waals surface area (Å²) in [6.07, 6.45) is 1.86. The number of carbonyl (C=O) groups excluding carboxylic acids is 7. The van der Waals surface area contributed by atoms with Gasteiger partial charge in [-0.3, -0.25) is 33.9 Å². The summed E-state index contributed by atoms with van der Waals surface area (Å²) < 4.78 is 157. The van der Waals surface area contributed by atoms with Crippen LogP contribution >= 0.6 is 177 Å². The summed E-state index contributed by atoms with van der Waals surface area (Å²) in [4.78, 5) is 93.8. The standard InChI is InChI=1S/C21H21ClF3N5O2.C16H13BrClF3N4.C9H11F3N2.C8H9BrN2O3.C7H3BrCl2N2.C7H5BrN2O2.C6H6BrNO2.C4H9NO.C4H9O.C2H4ClNO.Cl3OP.Na/c1-12(13-6-15(21(23,24)25)9-16(26)7-13)27-19-17-8-14(10-30(17)11-18(22)28-19)20(31)29-2-4-32-5-3-29;1-8(9-2-10(16(19,20)21)4-12(22)3-9)23-15-13-5-11(17)6-25(13)7-14(18)24-15;1-5(13)6-2-7(9(10,11)12)4-8(14)3-6;1-14-8(13)6-2-5(9)3-11(6)4-7(10)12;8-4-1-5-7(10)11-6(9)3-12(5)2-4;8-4-1-5-7(12)9-6(11)3-10(5)2-4;1-10-6(9)5-2-4(7)3-8-5;1-3-6-4-2-5-1;1-4(2,3)5;3-1-2(4)5;1-5(2,3)4;/h6-12H,2-5,26H2,1H3,(H,27,28);2-8H,22H2,1H3,(H,23,24);2-5H,13-14H2,1H3;2-3H,4H2,1H3,(H2,10,12);1-3H;1-2H,3H2,(H,9,11,12);2-3,8H,1H3;5H,1-4H2;1-3H3;1H2,(H2,4,5);;/q;;;;;;;;-1;;;+1/t12-;8-;5-;;;;;;;;;/m111........./s1. The van der Waals surface area contributed by atoms with Crippen LogP contribution in [0, 0.1) is 0 Å². The zero-order valence-electron chi connectivity index (χ0n) is 75.4. The van der Waals surface area contributed by atoms with Gasteiger partial charge in [-0.05, 0) is 242 Å². The molecule has 2 fully saturated rings. The van der Waals surface area contributed by atoms with Crippen molar-refractivity contribution in [2.24, 2.45) is 17.2 Å². The molecule has 3 atom stereocenters. The molecule has 12 heterocycles. The summed E-state index contributed by atoms with van der Waals surface area (Å²) >= 11 is 58.7. The van der Waals surface area contributed by atoms with E-state index in [4.69, 9.17) is 96.1 Å². The quantitative estimate of drug-likeness (QED) is 0.00971. The second kappa shape index (κ2) is 57.9. The van der Waals surface area contributed by atoms with E-state index in [1.807, 2.05) is 22.7 Å². The summed E-state index contributed by atoms with van der Waals surface area (Å²) in [6.45, 7) is 15.9. The average molecular weight is 2500 g/mol. The maximum atomic E-state index is 13.2. The first kappa shape index (κ1) is 125. The van der Waals surface area contributed by atoms with Gasteiger partial charge in [0.25, 0.3) is 11.8 Å². The first-order chi connectivity index (χ1) is 64.9. The number of morpholine rings is 2. The van der Waals surface area contributed by atoms with Gasteiger partial charge in [-0.15, -0.1) is 17.2 Å². The van der Waals surface area contributed by atoms with Crippen LogP contribution in [0.4, 0.5) is 68.2 Å². The Morgan fingerprint density at radius 2 is 0.965 bits per heavy atom. The number of halogens is 22. The summed E-state index contributed by atoms with van der Waals surface area (Å²) in [5.41, 5.74) is 33.7. The fraction of sp³-hybridized carbons (Fsp3) is 0.310. The number of imide groups is 1. The molecule has 5 amide bonds. The number of esters is 2. The Bertz CT molecular complexity index is 6280. The summed E-state index contributed by atoms with van der Waals surface area (Å²) in [6, 6.07) is 19.1. The molecule has 12 aromatic rings. The van der Waals surface area contributed by atoms with Crippen molar-refractivity contribution < 1.29 is 131 Å². The molecule has 15 rings (SSSR count). The number of nitrogen functional groups attached to an aromatic ring is 3. The van der Waals surface area contributed by atoms with Crippen LogP contribution in [0.15, 0.2) is 169 Å². The number of aromatic nitrogens is 9. The van der Waals surface area contributed by atoms with E-state index in [2.05, 4.69) is 170 Å². The number of methoxy groups -OCH3 is 2. The number of carbonyl (C=O) groups is 7. The van der Waals surface area contributed by atoms with Crippen molar-refractivity contribution in [2.75, 3.05) is 101 Å². The van der Waals surface area contributed by atoms with Crippen molar-refractivity contribution in [3.8, 4) is 0 Å². The Labute approximate surface area is 904 Å². The van der Waals surface area contributed by atoms with Gasteiger partial charge in [-0.1, -0.05) is 67.2 Å². The van der Waals surface area contributed by atoms with Crippen LogP contribution in [0.25, 0.3) is 16.6 Å². The number of hydrogen-bond donors (Lipinski definition) is 11. The average Bonchev–Trinajstić information content (AvgIpc) is 1.65. The van der Waals surface area contributed by atoms with Crippen LogP contribution in [-0.2, 0) is 69.5 Å². The van der Waals surface area contributed by atoms with E-state index in [1.165, 1.54) is 37.0 Å². The Morgan fingerprint density at radius 3 is 1.37 bits per heavy atom. The van der Waals surface area contributed by atoms with Crippen LogP contribution < -0.4 is 90.3 Å². The van der Waals surface area contributed by atoms with Gasteiger partial charge in [-0.2, -0.15) is 39.5 Å². The number of nitrogens with one attached hydrogen (secondary N) is 5. The summed E-state index contributed by atoms with van der Waals surface area (Å²) in [5.74, 6) is -1.89. The van der Waals surface area contributed by atoms with E-state index in [-0.39, 0.29) is 105 Å². The number of H-pyrrole nitrogens is 1. The summed E-state index contributed by atoms with van der Waals surface area (Å²) in [5, 5.41) is 19.7. The number of fused-ring (bicyclic) bond motifs is 4. The van der Waals surface area contributed by atoms with Crippen molar-refractivity contribution in [1.29, 1.82) is 0 Å². The third kappa shape index (κ3) is 45.0. The molecule has 3 aliphatic rings. The number of nitrogens with zero attached hydrogens (tertiary/aromatic N) is 9. The largest absolute Gasteiger partial charge is 1.00 e. The molecule has 764 valence electrons. The first-order valence-corrected chi connectivity index (χ1v) is 50.3. The fourth-order valence-corrected chi connectivity index (χ4v) is 14.6. The van der Waals surface area contributed by atoms with Gasteiger partial charge >= 0.3 is 65.2 Å². The number of aromatic amines is 1. The number of ether oxygens (including phenoxy) is 4. The Balaban J connectivity index is 0.000000341. The molecule has 0 radical (unpaired) electrons. The van der Waals surface area contributed by atoms with E-state index in [0.717, 1.165) is 91.6 Å². The zero-order chi connectivity index (χ0) is 106. The van der Waals surface area contributed by atoms with Gasteiger partial charge in [-0.25, -0.2) is 24.5 Å². The number of alkyl halides is 10. The second-order valence-electron chi connectivity index (χ2n) is 30.1. The van der Waals surface area contributed by atoms with E-state index in [0.29, 0.717) is 91.9 Å². The number of anilines is 5. The molecule has 0 saturated carbocycles. The topological polar surface area (TPSA) is 482 Å². The van der Waals surface area contributed by atoms with E-state index in [9.17, 15) is 82.7 Å². The van der Waals surface area contributed by atoms with Crippen LogP contribution in [0.2, 0.25) is 20.6 Å². The number of hydrogen-bond acceptors (Lipinski definition) is 23. The molecular formula is C84H90Br5Cl8F9N20NaO13P. The van der Waals surface area contributed by atoms with Gasteiger partial charge in [0, 0.05) is 127 Å². The number of benzene rings is 3. The maximum absolute atomic E-state index is 13.2. The molecule has 0 unspecified atom stereocenters. The van der Waals surface area contributed by atoms with Crippen molar-refractivity contribution in [1.82, 2.24) is 57.8 Å². The molecule has 9 aromatic heterocycles. The normalized spacial score (nSPS) is 13.3. The van der Waals surface area contributed by atoms with Crippen molar-refractivity contribution in [3.05, 3.63) is 246 Å². The number of amides is 5. The molecular weight excluding hydrogens is 2410 g/mol. The fourth-order valence-electron chi connectivity index (χ4n) is 11.6. The Hall–Kier alpha value is -7.82. The molecule has 0 bridgehead atoms. The van der Waals surface area contributed by atoms with Gasteiger partial charge in [0.2, 0.25) is 17.7 Å². The monoisotopic (exact) mass is 2490 g/mol. The van der Waals surface area contributed by atoms with Crippen molar-refractivity contribution in [3.63, 3.8) is 0 Å². The van der Waals surface area contributed by atoms with Crippen LogP contribution in [0.1, 0.15) is 135 Å². The third-order valence-electron chi connectivity index (χ3n) is 17.5. The molecule has 2 saturated heterocycles. The van der Waals surface area contributed by atoms with Gasteiger partial charge in [0.05, 0.1) is 91.5 Å². The smallest absolute Gasteiger partial charge is 0.850 e. The van der Waals surface area contributed by atoms with E-state index in [1.54, 1.807) is 134 Å². The van der Waals surface area contributed by atoms with Crippen LogP contribution in [0.5, 0.6) is 0 Å². The van der Waals surface area contributed by atoms with Crippen LogP contribution in [0.3, 0.4) is 0 Å². The first-order valence-electron chi connectivity index (χ1n) is 39.9. The molecule has 3 aromatic carbocycles. The SMILES string of the molecule is C1COCCN1.CC(C)(C)[O-].COC(=O)c1cc(Br)c[nH]1.COC(=O)c1cc(Br)cn1CC(N)=O.C[C@@H](N)c1cc(N)cc(C(F)(F)F)c1.C[C@@H](Nc1nc(Cl)cn2cc(Br)cc12)c1cc(N)cc(C(F)(F)F)c1.C[C@@H](Nc1nc(Cl)cn2cc(C(=O)N3CCOCC3)cc12)c1cc(N)cc(C(F)(F)F)c1.Clc1cn2cc(Br)cc2c(Cl)n1.NC(=O)CCl.O=C1Cn2cc(Br)cc2C(=O)N1.O=P(Cl)(Cl)Cl.[Na+]. The van der Waals surface area contributed by atoms with Crippen molar-refractivity contribution >= 4 is 263 Å². The van der Waals surface area contributed by atoms with Gasteiger partial charge < -0.3 is 107 Å². The Kier molecular flexibility index (Phi) is 51.5. The van der Waals surface area contributed by atoms with E-state index >= 15 is 0 Å². The molecule has 0 aliphatic carbocycles. The molecule has 33 nitrogen and oxygen atoms in total. The number of rotatable bonds is 13. The minimum Gasteiger partial charge on any atom is -0.850 e. The van der Waals surface area contributed by atoms with Crippen molar-refractivity contribution in [2.45, 2.75) is 96.9 Å². The zero-order valence-corrected chi connectivity index (χ0v) is 92.3. The molecule has 0 spiro atoms. The van der Waals surface area contributed by atoms with Gasteiger partial charge in [0.15, 0.2) is 16.8 Å². The molecule has 57 heteroatoms. The maximum Gasteiger partial charge on any atom is 1.00 e. The Morgan fingerprint density at radius 1 is 0.560 bits per heavy atom. The predicted molar refractivity (Wildman–Crippen MR) is 538 cm³/mol. The number of primary amides is 2. The number of nitrogens with two attached hydrogens (primary N) is 6. The molecule has 3 aliphatic heterocycles.